The molecule has 0 aliphatic rings. The summed E-state index contributed by atoms with van der Waals surface area (Å²) in [6, 6.07) is 20.6. The van der Waals surface area contributed by atoms with E-state index in [4.69, 9.17) is 14.6 Å². The van der Waals surface area contributed by atoms with Crippen molar-refractivity contribution in [1.82, 2.24) is 4.90 Å². The van der Waals surface area contributed by atoms with Crippen LogP contribution in [-0.4, -0.2) is 42.6 Å². The lowest BCUT2D eigenvalue weighted by atomic mass is 10.1. The van der Waals surface area contributed by atoms with Crippen molar-refractivity contribution in [2.45, 2.75) is 19.9 Å². The Morgan fingerprint density at radius 1 is 0.912 bits per heavy atom. The quantitative estimate of drug-likeness (QED) is 0.462. The fraction of sp³-hybridized carbons (Fsp3) is 0.214. The highest BCUT2D eigenvalue weighted by molar-refractivity contribution is 5.95. The summed E-state index contributed by atoms with van der Waals surface area (Å²) in [7, 11) is 3.13. The fourth-order valence-corrected chi connectivity index (χ4v) is 3.65. The summed E-state index contributed by atoms with van der Waals surface area (Å²) in [4.78, 5) is 26.2. The number of nitrogens with zero attached hydrogens (tertiary/aromatic N) is 1. The van der Waals surface area contributed by atoms with Crippen LogP contribution in [0.4, 0.5) is 0 Å². The topological polar surface area (TPSA) is 76.1 Å². The molecule has 34 heavy (non-hydrogen) atoms. The minimum absolute atomic E-state index is 0.0360. The normalized spacial score (nSPS) is 10.8. The zero-order valence-electron chi connectivity index (χ0n) is 19.7. The molecule has 6 heteroatoms. The smallest absolute Gasteiger partial charge is 0.307 e. The molecule has 3 aromatic rings. The van der Waals surface area contributed by atoms with Crippen molar-refractivity contribution < 1.29 is 24.2 Å². The number of carboxylic acids is 1. The monoisotopic (exact) mass is 459 g/mol. The molecule has 0 radical (unpaired) electrons. The summed E-state index contributed by atoms with van der Waals surface area (Å²) >= 11 is 0. The number of carbonyl (C=O) groups is 2. The molecule has 0 saturated carbocycles. The number of amides is 1. The van der Waals surface area contributed by atoms with E-state index in [-0.39, 0.29) is 12.3 Å². The van der Waals surface area contributed by atoms with Crippen LogP contribution in [0, 0.1) is 6.92 Å². The second-order valence-corrected chi connectivity index (χ2v) is 7.89. The lowest BCUT2D eigenvalue weighted by Gasteiger charge is -2.23. The largest absolute Gasteiger partial charge is 0.496 e. The van der Waals surface area contributed by atoms with Gasteiger partial charge in [-0.3, -0.25) is 9.59 Å². The van der Waals surface area contributed by atoms with Gasteiger partial charge in [0.15, 0.2) is 0 Å². The van der Waals surface area contributed by atoms with Gasteiger partial charge in [0.1, 0.15) is 11.5 Å². The van der Waals surface area contributed by atoms with E-state index < -0.39 is 5.97 Å². The molecule has 0 heterocycles. The minimum atomic E-state index is -0.877. The molecule has 3 rings (SSSR count). The maximum atomic E-state index is 13.6. The van der Waals surface area contributed by atoms with Crippen molar-refractivity contribution >= 4 is 18.0 Å². The molecule has 0 aromatic heterocycles. The molecule has 0 aliphatic heterocycles. The number of carbonyl (C=O) groups excluding carboxylic acids is 1. The summed E-state index contributed by atoms with van der Waals surface area (Å²) < 4.78 is 10.9. The molecular weight excluding hydrogens is 430 g/mol. The lowest BCUT2D eigenvalue weighted by Crippen LogP contribution is -2.31. The lowest BCUT2D eigenvalue weighted by molar-refractivity contribution is -0.136. The third-order valence-corrected chi connectivity index (χ3v) is 5.47. The van der Waals surface area contributed by atoms with Gasteiger partial charge < -0.3 is 19.5 Å². The van der Waals surface area contributed by atoms with Crippen molar-refractivity contribution in [2.75, 3.05) is 20.8 Å². The average molecular weight is 460 g/mol. The number of methoxy groups -OCH3 is 2. The van der Waals surface area contributed by atoms with E-state index in [2.05, 4.69) is 0 Å². The summed E-state index contributed by atoms with van der Waals surface area (Å²) in [5.41, 5.74) is 3.96. The summed E-state index contributed by atoms with van der Waals surface area (Å²) in [5.74, 6) is 0.128. The van der Waals surface area contributed by atoms with Crippen molar-refractivity contribution in [1.29, 1.82) is 0 Å². The van der Waals surface area contributed by atoms with E-state index in [1.165, 1.54) is 0 Å². The van der Waals surface area contributed by atoms with E-state index in [1.807, 2.05) is 61.5 Å². The van der Waals surface area contributed by atoms with Crippen molar-refractivity contribution in [3.63, 3.8) is 0 Å². The van der Waals surface area contributed by atoms with Gasteiger partial charge in [0.25, 0.3) is 5.91 Å². The van der Waals surface area contributed by atoms with Crippen LogP contribution >= 0.6 is 0 Å². The number of benzene rings is 3. The summed E-state index contributed by atoms with van der Waals surface area (Å²) in [6.07, 6.45) is 3.90. The Labute approximate surface area is 200 Å². The summed E-state index contributed by atoms with van der Waals surface area (Å²) in [5, 5.41) is 9.00. The van der Waals surface area contributed by atoms with E-state index >= 15 is 0 Å². The van der Waals surface area contributed by atoms with Gasteiger partial charge >= 0.3 is 5.97 Å². The molecule has 0 aliphatic carbocycles. The van der Waals surface area contributed by atoms with Gasteiger partial charge in [-0.05, 0) is 35.7 Å². The number of hydrogen-bond donors (Lipinski definition) is 1. The van der Waals surface area contributed by atoms with Crippen LogP contribution in [-0.2, 0) is 17.8 Å². The molecular formula is C28H29NO5. The highest BCUT2D eigenvalue weighted by atomic mass is 16.5. The van der Waals surface area contributed by atoms with E-state index in [1.54, 1.807) is 43.4 Å². The maximum absolute atomic E-state index is 13.6. The second kappa shape index (κ2) is 11.7. The number of carboxylic acid groups (broad SMARTS) is 1. The number of aliphatic carboxylic acids is 1. The molecule has 0 spiro atoms. The van der Waals surface area contributed by atoms with Crippen LogP contribution in [0.15, 0.2) is 72.8 Å². The van der Waals surface area contributed by atoms with E-state index in [0.29, 0.717) is 35.7 Å². The highest BCUT2D eigenvalue weighted by Gasteiger charge is 2.19. The zero-order valence-corrected chi connectivity index (χ0v) is 19.7. The van der Waals surface area contributed by atoms with Crippen LogP contribution in [0.3, 0.4) is 0 Å². The van der Waals surface area contributed by atoms with Crippen LogP contribution < -0.4 is 9.47 Å². The van der Waals surface area contributed by atoms with Gasteiger partial charge in [-0.2, -0.15) is 0 Å². The second-order valence-electron chi connectivity index (χ2n) is 7.89. The Bertz CT molecular complexity index is 1130. The van der Waals surface area contributed by atoms with Crippen molar-refractivity contribution in [3.05, 3.63) is 101 Å². The zero-order chi connectivity index (χ0) is 24.5. The third kappa shape index (κ3) is 6.48. The van der Waals surface area contributed by atoms with Crippen molar-refractivity contribution in [3.8, 4) is 11.5 Å². The molecule has 176 valence electrons. The Balaban J connectivity index is 1.88. The first kappa shape index (κ1) is 24.6. The first-order valence-electron chi connectivity index (χ1n) is 10.9. The molecule has 3 aromatic carbocycles. The van der Waals surface area contributed by atoms with Crippen LogP contribution in [0.5, 0.6) is 11.5 Å². The Morgan fingerprint density at radius 2 is 1.50 bits per heavy atom. The molecule has 0 unspecified atom stereocenters. The van der Waals surface area contributed by atoms with Crippen LogP contribution in [0.2, 0.25) is 0 Å². The predicted molar refractivity (Wildman–Crippen MR) is 132 cm³/mol. The van der Waals surface area contributed by atoms with Gasteiger partial charge in [-0.1, -0.05) is 66.7 Å². The molecule has 1 amide bonds. The number of ether oxygens (including phenoxy) is 2. The molecule has 0 bridgehead atoms. The average Bonchev–Trinajstić information content (AvgIpc) is 2.84. The molecule has 0 saturated heterocycles. The van der Waals surface area contributed by atoms with Gasteiger partial charge in [0, 0.05) is 24.2 Å². The van der Waals surface area contributed by atoms with Crippen LogP contribution in [0.25, 0.3) is 6.08 Å². The van der Waals surface area contributed by atoms with Gasteiger partial charge in [-0.25, -0.2) is 0 Å². The van der Waals surface area contributed by atoms with E-state index in [0.717, 1.165) is 16.7 Å². The highest BCUT2D eigenvalue weighted by Crippen LogP contribution is 2.30. The van der Waals surface area contributed by atoms with Gasteiger partial charge in [-0.15, -0.1) is 0 Å². The van der Waals surface area contributed by atoms with Gasteiger partial charge in [0.05, 0.1) is 20.6 Å². The SMILES string of the molecule is COc1cc(C(=O)N(CC=Cc2ccccc2)Cc2ccc(CC(=O)O)cc2)cc(OC)c1C. The van der Waals surface area contributed by atoms with E-state index in [9.17, 15) is 9.59 Å². The van der Waals surface area contributed by atoms with Gasteiger partial charge in [0.2, 0.25) is 0 Å². The Morgan fingerprint density at radius 3 is 2.06 bits per heavy atom. The molecule has 0 atom stereocenters. The molecule has 6 nitrogen and oxygen atoms in total. The molecule has 0 fully saturated rings. The fourth-order valence-electron chi connectivity index (χ4n) is 3.65. The standard InChI is InChI=1S/C28H29NO5/c1-20-25(33-2)17-24(18-26(20)34-3)28(32)29(15-7-10-21-8-5-4-6-9-21)19-23-13-11-22(12-14-23)16-27(30)31/h4-14,17-18H,15-16,19H2,1-3H3,(H,30,31). The van der Waals surface area contributed by atoms with Crippen LogP contribution in [0.1, 0.15) is 32.6 Å². The predicted octanol–water partition coefficient (Wildman–Crippen LogP) is 5.00. The maximum Gasteiger partial charge on any atom is 0.307 e. The Hall–Kier alpha value is -4.06. The summed E-state index contributed by atoms with van der Waals surface area (Å²) in [6.45, 7) is 2.64. The van der Waals surface area contributed by atoms with Crippen molar-refractivity contribution in [2.24, 2.45) is 0 Å². The first-order valence-corrected chi connectivity index (χ1v) is 10.9. The number of rotatable bonds is 10. The minimum Gasteiger partial charge on any atom is -0.496 e. The number of hydrogen-bond acceptors (Lipinski definition) is 4. The molecule has 1 N–H and O–H groups in total. The third-order valence-electron chi connectivity index (χ3n) is 5.47. The Kier molecular flexibility index (Phi) is 8.46. The first-order chi connectivity index (χ1) is 16.4.